The minimum Gasteiger partial charge on any atom is -0.396 e. The molecule has 0 saturated heterocycles. The van der Waals surface area contributed by atoms with E-state index in [4.69, 9.17) is 5.11 Å². The number of carbonyl (C=O) groups is 1. The molecule has 6 heteroatoms. The molecule has 0 heterocycles. The molecule has 19 heavy (non-hydrogen) atoms. The van der Waals surface area contributed by atoms with Crippen LogP contribution >= 0.6 is 15.9 Å². The number of nitrogens with one attached hydrogen (secondary N) is 1. The monoisotopic (exact) mass is 335 g/mol. The zero-order valence-electron chi connectivity index (χ0n) is 10.8. The first-order valence-corrected chi connectivity index (χ1v) is 6.60. The molecule has 0 atom stereocenters. The second-order valence-corrected chi connectivity index (χ2v) is 5.98. The fourth-order valence-corrected chi connectivity index (χ4v) is 1.96. The average molecular weight is 336 g/mol. The molecule has 0 aliphatic rings. The summed E-state index contributed by atoms with van der Waals surface area (Å²) in [6.45, 7) is 3.90. The molecule has 0 aliphatic heterocycles. The third-order valence-electron chi connectivity index (χ3n) is 2.75. The molecule has 0 fully saturated rings. The fraction of sp³-hybridized carbons (Fsp3) is 0.462. The summed E-state index contributed by atoms with van der Waals surface area (Å²) in [5, 5.41) is 11.3. The van der Waals surface area contributed by atoms with Gasteiger partial charge in [-0.25, -0.2) is 8.78 Å². The maximum Gasteiger partial charge on any atom is 0.257 e. The van der Waals surface area contributed by atoms with E-state index >= 15 is 0 Å². The molecule has 1 amide bonds. The van der Waals surface area contributed by atoms with Crippen molar-refractivity contribution in [3.8, 4) is 0 Å². The number of hydrogen-bond acceptors (Lipinski definition) is 2. The van der Waals surface area contributed by atoms with Gasteiger partial charge in [0.15, 0.2) is 0 Å². The maximum absolute atomic E-state index is 13.6. The zero-order chi connectivity index (χ0) is 14.6. The van der Waals surface area contributed by atoms with Gasteiger partial charge >= 0.3 is 0 Å². The summed E-state index contributed by atoms with van der Waals surface area (Å²) < 4.78 is 27.4. The number of rotatable bonds is 5. The lowest BCUT2D eigenvalue weighted by Gasteiger charge is -2.23. The molecule has 0 radical (unpaired) electrons. The lowest BCUT2D eigenvalue weighted by Crippen LogP contribution is -2.35. The summed E-state index contributed by atoms with van der Waals surface area (Å²) in [6.07, 6.45) is 0.485. The van der Waals surface area contributed by atoms with Crippen LogP contribution in [0.3, 0.4) is 0 Å². The van der Waals surface area contributed by atoms with E-state index in [2.05, 4.69) is 21.2 Å². The smallest absolute Gasteiger partial charge is 0.257 e. The lowest BCUT2D eigenvalue weighted by atomic mass is 9.89. The minimum absolute atomic E-state index is 0.0100. The number of amides is 1. The predicted molar refractivity (Wildman–Crippen MR) is 71.9 cm³/mol. The molecule has 0 unspecified atom stereocenters. The first-order valence-electron chi connectivity index (χ1n) is 5.80. The molecule has 0 saturated carbocycles. The first-order chi connectivity index (χ1) is 8.76. The normalized spacial score (nSPS) is 11.5. The van der Waals surface area contributed by atoms with Crippen molar-refractivity contribution >= 4 is 21.8 Å². The molecule has 2 N–H and O–H groups in total. The highest BCUT2D eigenvalue weighted by atomic mass is 79.9. The number of benzene rings is 1. The highest BCUT2D eigenvalue weighted by molar-refractivity contribution is 9.10. The van der Waals surface area contributed by atoms with E-state index in [1.54, 1.807) is 0 Å². The number of aliphatic hydroxyl groups is 1. The summed E-state index contributed by atoms with van der Waals surface area (Å²) >= 11 is 2.95. The van der Waals surface area contributed by atoms with Gasteiger partial charge in [-0.3, -0.25) is 4.79 Å². The van der Waals surface area contributed by atoms with Gasteiger partial charge in [-0.2, -0.15) is 0 Å². The highest BCUT2D eigenvalue weighted by Crippen LogP contribution is 2.21. The van der Waals surface area contributed by atoms with Crippen molar-refractivity contribution in [1.29, 1.82) is 0 Å². The largest absolute Gasteiger partial charge is 0.396 e. The van der Waals surface area contributed by atoms with Crippen LogP contribution in [-0.2, 0) is 0 Å². The standard InChI is InChI=1S/C13H16BrF2NO2/c1-13(2,3-4-18)7-17-12(19)11-9(15)5-8(14)6-10(11)16/h5-6,18H,3-4,7H2,1-2H3,(H,17,19). The Kier molecular flexibility index (Phi) is 5.43. The van der Waals surface area contributed by atoms with Crippen molar-refractivity contribution in [2.75, 3.05) is 13.2 Å². The first kappa shape index (κ1) is 16.0. The summed E-state index contributed by atoms with van der Waals surface area (Å²) in [5.41, 5.74) is -0.935. The molecule has 1 aromatic rings. The Morgan fingerprint density at radius 2 is 1.89 bits per heavy atom. The predicted octanol–water partition coefficient (Wildman–Crippen LogP) is 2.87. The van der Waals surface area contributed by atoms with E-state index in [1.165, 1.54) is 0 Å². The maximum atomic E-state index is 13.6. The minimum atomic E-state index is -0.913. The molecule has 0 aromatic heterocycles. The van der Waals surface area contributed by atoms with E-state index < -0.39 is 23.1 Å². The second kappa shape index (κ2) is 6.43. The summed E-state index contributed by atoms with van der Waals surface area (Å²) in [4.78, 5) is 11.8. The Bertz CT molecular complexity index is 455. The molecular weight excluding hydrogens is 320 g/mol. The van der Waals surface area contributed by atoms with E-state index in [0.717, 1.165) is 12.1 Å². The third kappa shape index (κ3) is 4.54. The quantitative estimate of drug-likeness (QED) is 0.869. The van der Waals surface area contributed by atoms with E-state index in [1.807, 2.05) is 13.8 Å². The Labute approximate surface area is 119 Å². The van der Waals surface area contributed by atoms with Gasteiger partial charge in [0.05, 0.1) is 0 Å². The van der Waals surface area contributed by atoms with Gasteiger partial charge in [-0.1, -0.05) is 29.8 Å². The van der Waals surface area contributed by atoms with Gasteiger partial charge in [0.25, 0.3) is 5.91 Å². The number of carbonyl (C=O) groups excluding carboxylic acids is 1. The van der Waals surface area contributed by atoms with Crippen LogP contribution in [0.5, 0.6) is 0 Å². The van der Waals surface area contributed by atoms with Crippen LogP contribution in [0.1, 0.15) is 30.6 Å². The van der Waals surface area contributed by atoms with Crippen LogP contribution in [-0.4, -0.2) is 24.2 Å². The second-order valence-electron chi connectivity index (χ2n) is 5.06. The molecule has 0 aliphatic carbocycles. The SMILES string of the molecule is CC(C)(CCO)CNC(=O)c1c(F)cc(Br)cc1F. The zero-order valence-corrected chi connectivity index (χ0v) is 12.4. The van der Waals surface area contributed by atoms with Crippen LogP contribution < -0.4 is 5.32 Å². The van der Waals surface area contributed by atoms with E-state index in [0.29, 0.717) is 6.42 Å². The van der Waals surface area contributed by atoms with Crippen LogP contribution in [0.25, 0.3) is 0 Å². The van der Waals surface area contributed by atoms with E-state index in [9.17, 15) is 13.6 Å². The number of halogens is 3. The van der Waals surface area contributed by atoms with Crippen LogP contribution in [0.2, 0.25) is 0 Å². The third-order valence-corrected chi connectivity index (χ3v) is 3.21. The molecule has 1 aromatic carbocycles. The average Bonchev–Trinajstić information content (AvgIpc) is 2.25. The molecule has 1 rings (SSSR count). The van der Waals surface area contributed by atoms with E-state index in [-0.39, 0.29) is 23.0 Å². The van der Waals surface area contributed by atoms with Crippen molar-refractivity contribution in [2.24, 2.45) is 5.41 Å². The highest BCUT2D eigenvalue weighted by Gasteiger charge is 2.22. The number of hydrogen-bond donors (Lipinski definition) is 2. The Morgan fingerprint density at radius 1 is 1.37 bits per heavy atom. The Hall–Kier alpha value is -1.01. The van der Waals surface area contributed by atoms with Crippen molar-refractivity contribution in [3.05, 3.63) is 33.8 Å². The van der Waals surface area contributed by atoms with Gasteiger partial charge in [0.1, 0.15) is 17.2 Å². The molecule has 0 spiro atoms. The molecule has 0 bridgehead atoms. The number of aliphatic hydroxyl groups excluding tert-OH is 1. The summed E-state index contributed by atoms with van der Waals surface area (Å²) in [6, 6.07) is 2.08. The van der Waals surface area contributed by atoms with Gasteiger partial charge in [-0.05, 0) is 24.0 Å². The Morgan fingerprint density at radius 3 is 2.37 bits per heavy atom. The molecule has 3 nitrogen and oxygen atoms in total. The molecule has 106 valence electrons. The van der Waals surface area contributed by atoms with Gasteiger partial charge < -0.3 is 10.4 Å². The van der Waals surface area contributed by atoms with Gasteiger partial charge in [0, 0.05) is 17.6 Å². The summed E-state index contributed by atoms with van der Waals surface area (Å²) in [5.74, 6) is -2.62. The topological polar surface area (TPSA) is 49.3 Å². The van der Waals surface area contributed by atoms with Crippen molar-refractivity contribution in [1.82, 2.24) is 5.32 Å². The van der Waals surface area contributed by atoms with Crippen LogP contribution in [0, 0.1) is 17.0 Å². The van der Waals surface area contributed by atoms with Crippen molar-refractivity contribution < 1.29 is 18.7 Å². The van der Waals surface area contributed by atoms with Crippen LogP contribution in [0.15, 0.2) is 16.6 Å². The lowest BCUT2D eigenvalue weighted by molar-refractivity contribution is 0.0919. The summed E-state index contributed by atoms with van der Waals surface area (Å²) in [7, 11) is 0. The van der Waals surface area contributed by atoms with Gasteiger partial charge in [-0.15, -0.1) is 0 Å². The Balaban J connectivity index is 2.80. The molecular formula is C13H16BrF2NO2. The van der Waals surface area contributed by atoms with Crippen molar-refractivity contribution in [3.63, 3.8) is 0 Å². The van der Waals surface area contributed by atoms with Gasteiger partial charge in [0.2, 0.25) is 0 Å². The van der Waals surface area contributed by atoms with Crippen LogP contribution in [0.4, 0.5) is 8.78 Å². The van der Waals surface area contributed by atoms with Crippen molar-refractivity contribution in [2.45, 2.75) is 20.3 Å². The fourth-order valence-electron chi connectivity index (χ4n) is 1.56.